The van der Waals surface area contributed by atoms with Gasteiger partial charge in [0.05, 0.1) is 0 Å². The summed E-state index contributed by atoms with van der Waals surface area (Å²) in [6, 6.07) is 24.7. The normalized spacial score (nSPS) is 30.7. The first-order valence-corrected chi connectivity index (χ1v) is 9.06. The van der Waals surface area contributed by atoms with Crippen molar-refractivity contribution in [2.75, 3.05) is 0 Å². The van der Waals surface area contributed by atoms with Gasteiger partial charge in [-0.05, 0) is 45.5 Å². The minimum Gasteiger partial charge on any atom is -0.0843 e. The van der Waals surface area contributed by atoms with E-state index in [1.165, 1.54) is 33.4 Å². The first-order valence-electron chi connectivity index (χ1n) is 8.68. The van der Waals surface area contributed by atoms with E-state index in [0.29, 0.717) is 17.8 Å². The van der Waals surface area contributed by atoms with Gasteiger partial charge in [-0.1, -0.05) is 73.1 Å². The second-order valence-corrected chi connectivity index (χ2v) is 8.13. The molecule has 0 spiro atoms. The lowest BCUT2D eigenvalue weighted by Crippen LogP contribution is -2.23. The predicted octanol–water partition coefficient (Wildman–Crippen LogP) is 6.08. The third-order valence-corrected chi connectivity index (χ3v) is 7.01. The van der Waals surface area contributed by atoms with Crippen molar-refractivity contribution in [1.29, 1.82) is 0 Å². The summed E-state index contributed by atoms with van der Waals surface area (Å²) in [5.41, 5.74) is 9.19. The molecule has 3 aromatic rings. The Morgan fingerprint density at radius 3 is 1.54 bits per heavy atom. The Kier molecular flexibility index (Phi) is 2.28. The van der Waals surface area contributed by atoms with Gasteiger partial charge < -0.3 is 0 Å². The molecule has 0 N–H and O–H groups in total. The van der Waals surface area contributed by atoms with Crippen LogP contribution < -0.4 is 0 Å². The van der Waals surface area contributed by atoms with Crippen LogP contribution in [0.3, 0.4) is 0 Å². The molecule has 0 aromatic heterocycles. The zero-order valence-electron chi connectivity index (χ0n) is 13.5. The van der Waals surface area contributed by atoms with Gasteiger partial charge >= 0.3 is 0 Å². The fourth-order valence-electron chi connectivity index (χ4n) is 6.14. The molecule has 6 rings (SSSR count). The van der Waals surface area contributed by atoms with Crippen molar-refractivity contribution in [3.8, 4) is 0 Å². The van der Waals surface area contributed by atoms with Gasteiger partial charge in [0.2, 0.25) is 0 Å². The number of rotatable bonds is 0. The van der Waals surface area contributed by atoms with Crippen LogP contribution in [0.5, 0.6) is 0 Å². The molecule has 0 saturated carbocycles. The Labute approximate surface area is 147 Å². The standard InChI is InChI=1S/C23H17Cl/c1-23-20-14-6-2-3-7-15(14)21(23)18-11-10-13(24)12-19(18)22(23)17-9-5-4-8-16(17)20/h2-12,20-22H,1H3. The Morgan fingerprint density at radius 2 is 1.04 bits per heavy atom. The van der Waals surface area contributed by atoms with Crippen LogP contribution in [0.15, 0.2) is 66.7 Å². The van der Waals surface area contributed by atoms with E-state index in [1.807, 2.05) is 0 Å². The highest BCUT2D eigenvalue weighted by molar-refractivity contribution is 6.30. The molecular formula is C23H17Cl. The van der Waals surface area contributed by atoms with Crippen molar-refractivity contribution in [1.82, 2.24) is 0 Å². The summed E-state index contributed by atoms with van der Waals surface area (Å²) in [4.78, 5) is 0. The van der Waals surface area contributed by atoms with E-state index in [9.17, 15) is 0 Å². The van der Waals surface area contributed by atoms with Gasteiger partial charge in [0.15, 0.2) is 0 Å². The maximum absolute atomic E-state index is 6.39. The van der Waals surface area contributed by atoms with E-state index in [-0.39, 0.29) is 5.41 Å². The molecule has 3 aliphatic rings. The highest BCUT2D eigenvalue weighted by Gasteiger charge is 2.64. The lowest BCUT2D eigenvalue weighted by molar-refractivity contribution is 0.288. The molecule has 4 atom stereocenters. The summed E-state index contributed by atoms with van der Waals surface area (Å²) in [6.07, 6.45) is 0. The van der Waals surface area contributed by atoms with Crippen LogP contribution in [-0.4, -0.2) is 0 Å². The van der Waals surface area contributed by atoms with Crippen molar-refractivity contribution in [3.05, 3.63) is 105 Å². The van der Waals surface area contributed by atoms with E-state index in [1.54, 1.807) is 0 Å². The minimum absolute atomic E-state index is 0.195. The maximum atomic E-state index is 6.39. The van der Waals surface area contributed by atoms with Gasteiger partial charge in [-0.15, -0.1) is 0 Å². The summed E-state index contributed by atoms with van der Waals surface area (Å²) in [6.45, 7) is 2.50. The molecule has 4 unspecified atom stereocenters. The molecule has 0 aliphatic heterocycles. The Morgan fingerprint density at radius 1 is 0.625 bits per heavy atom. The smallest absolute Gasteiger partial charge is 0.0409 e. The second-order valence-electron chi connectivity index (χ2n) is 7.70. The molecule has 116 valence electrons. The van der Waals surface area contributed by atoms with Crippen LogP contribution >= 0.6 is 11.6 Å². The third-order valence-electron chi connectivity index (χ3n) is 6.77. The van der Waals surface area contributed by atoms with Gasteiger partial charge in [-0.3, -0.25) is 0 Å². The van der Waals surface area contributed by atoms with Crippen LogP contribution in [0, 0.1) is 5.41 Å². The van der Waals surface area contributed by atoms with Crippen LogP contribution in [0.4, 0.5) is 0 Å². The lowest BCUT2D eigenvalue weighted by atomic mass is 9.70. The molecule has 24 heavy (non-hydrogen) atoms. The zero-order valence-corrected chi connectivity index (χ0v) is 14.2. The van der Waals surface area contributed by atoms with Crippen molar-refractivity contribution in [3.63, 3.8) is 0 Å². The SMILES string of the molecule is CC12C3c4ccccc4C1c1ccc(Cl)cc1C2c1ccccc13. The molecule has 3 aliphatic carbocycles. The van der Waals surface area contributed by atoms with Crippen molar-refractivity contribution in [2.45, 2.75) is 24.7 Å². The van der Waals surface area contributed by atoms with Crippen LogP contribution in [-0.2, 0) is 0 Å². The quantitative estimate of drug-likeness (QED) is 0.469. The van der Waals surface area contributed by atoms with Gasteiger partial charge in [0, 0.05) is 28.2 Å². The first kappa shape index (κ1) is 13.3. The van der Waals surface area contributed by atoms with Gasteiger partial charge in [0.25, 0.3) is 0 Å². The maximum Gasteiger partial charge on any atom is 0.0409 e. The van der Waals surface area contributed by atoms with Crippen LogP contribution in [0.25, 0.3) is 0 Å². The highest BCUT2D eigenvalue weighted by Crippen LogP contribution is 2.75. The highest BCUT2D eigenvalue weighted by atomic mass is 35.5. The summed E-state index contributed by atoms with van der Waals surface area (Å²) >= 11 is 6.39. The molecule has 0 saturated heterocycles. The number of fused-ring (bicyclic) bond motifs is 9. The Bertz CT molecular complexity index is 1010. The zero-order chi connectivity index (χ0) is 16.1. The fourth-order valence-corrected chi connectivity index (χ4v) is 6.33. The topological polar surface area (TPSA) is 0 Å². The van der Waals surface area contributed by atoms with Crippen molar-refractivity contribution in [2.24, 2.45) is 5.41 Å². The second kappa shape index (κ2) is 4.13. The molecule has 1 heteroatoms. The fraction of sp³-hybridized carbons (Fsp3) is 0.217. The molecule has 0 amide bonds. The molecule has 0 heterocycles. The molecule has 0 bridgehead atoms. The van der Waals surface area contributed by atoms with Crippen molar-refractivity contribution >= 4 is 11.6 Å². The Hall–Kier alpha value is -2.05. The lowest BCUT2D eigenvalue weighted by Gasteiger charge is -2.31. The number of benzene rings is 3. The van der Waals surface area contributed by atoms with E-state index in [2.05, 4.69) is 73.7 Å². The minimum atomic E-state index is 0.195. The van der Waals surface area contributed by atoms with Gasteiger partial charge in [-0.2, -0.15) is 0 Å². The number of hydrogen-bond acceptors (Lipinski definition) is 0. The molecule has 0 fully saturated rings. The molecule has 0 radical (unpaired) electrons. The first-order chi connectivity index (χ1) is 11.7. The van der Waals surface area contributed by atoms with Crippen LogP contribution in [0.2, 0.25) is 5.02 Å². The summed E-state index contributed by atoms with van der Waals surface area (Å²) in [5.74, 6) is 1.42. The summed E-state index contributed by atoms with van der Waals surface area (Å²) in [7, 11) is 0. The van der Waals surface area contributed by atoms with E-state index >= 15 is 0 Å². The third kappa shape index (κ3) is 1.28. The molecule has 3 aromatic carbocycles. The van der Waals surface area contributed by atoms with E-state index in [0.717, 1.165) is 5.02 Å². The Balaban J connectivity index is 1.79. The van der Waals surface area contributed by atoms with E-state index < -0.39 is 0 Å². The van der Waals surface area contributed by atoms with Crippen molar-refractivity contribution < 1.29 is 0 Å². The summed E-state index contributed by atoms with van der Waals surface area (Å²) < 4.78 is 0. The molecular weight excluding hydrogens is 312 g/mol. The van der Waals surface area contributed by atoms with Gasteiger partial charge in [-0.25, -0.2) is 0 Å². The predicted molar refractivity (Wildman–Crippen MR) is 98.0 cm³/mol. The number of halogens is 1. The largest absolute Gasteiger partial charge is 0.0843 e. The van der Waals surface area contributed by atoms with Crippen LogP contribution in [0.1, 0.15) is 58.1 Å². The average Bonchev–Trinajstić information content (AvgIpc) is 3.11. The van der Waals surface area contributed by atoms with E-state index in [4.69, 9.17) is 11.6 Å². The monoisotopic (exact) mass is 328 g/mol. The summed E-state index contributed by atoms with van der Waals surface area (Å²) in [5, 5.41) is 0.853. The number of hydrogen-bond donors (Lipinski definition) is 0. The van der Waals surface area contributed by atoms with Gasteiger partial charge in [0.1, 0.15) is 0 Å². The average molecular weight is 329 g/mol. The molecule has 0 nitrogen and oxygen atoms in total.